The fourth-order valence-electron chi connectivity index (χ4n) is 6.32. The number of halogens is 1. The Bertz CT molecular complexity index is 1100. The van der Waals surface area contributed by atoms with E-state index in [1.807, 2.05) is 0 Å². The number of H-pyrrole nitrogens is 2. The van der Waals surface area contributed by atoms with Crippen molar-refractivity contribution in [2.24, 2.45) is 0 Å². The minimum absolute atomic E-state index is 0. The molecule has 0 spiro atoms. The Morgan fingerprint density at radius 3 is 1.47 bits per heavy atom. The van der Waals surface area contributed by atoms with E-state index in [1.165, 1.54) is 104 Å². The number of hydrogen-bond acceptors (Lipinski definition) is 2. The molecule has 0 radical (unpaired) electrons. The van der Waals surface area contributed by atoms with Gasteiger partial charge in [0.25, 0.3) is 0 Å². The maximum absolute atomic E-state index is 3.47. The first-order valence-electron chi connectivity index (χ1n) is 12.9. The van der Waals surface area contributed by atoms with E-state index in [9.17, 15) is 0 Å². The molecule has 4 nitrogen and oxygen atoms in total. The van der Waals surface area contributed by atoms with Crippen molar-refractivity contribution < 1.29 is 0 Å². The van der Waals surface area contributed by atoms with Crippen molar-refractivity contribution in [1.82, 2.24) is 19.8 Å². The minimum atomic E-state index is 0. The van der Waals surface area contributed by atoms with Crippen LogP contribution in [0.3, 0.4) is 0 Å². The second-order valence-electron chi connectivity index (χ2n) is 10.2. The van der Waals surface area contributed by atoms with Gasteiger partial charge in [-0.2, -0.15) is 0 Å². The van der Waals surface area contributed by atoms with Gasteiger partial charge in [0.1, 0.15) is 0 Å². The van der Waals surface area contributed by atoms with Crippen molar-refractivity contribution in [3.8, 4) is 0 Å². The second-order valence-corrected chi connectivity index (χ2v) is 10.2. The number of likely N-dealkylation sites (tertiary alicyclic amines) is 2. The van der Waals surface area contributed by atoms with Crippen LogP contribution in [0.5, 0.6) is 0 Å². The van der Waals surface area contributed by atoms with Gasteiger partial charge in [0.2, 0.25) is 0 Å². The molecule has 2 fully saturated rings. The molecule has 2 aliphatic rings. The number of para-hydroxylation sites is 2. The number of nitrogens with one attached hydrogen (secondary N) is 2. The van der Waals surface area contributed by atoms with Crippen molar-refractivity contribution in [3.63, 3.8) is 0 Å². The first-order valence-corrected chi connectivity index (χ1v) is 12.9. The summed E-state index contributed by atoms with van der Waals surface area (Å²) in [6.07, 6.45) is 11.0. The van der Waals surface area contributed by atoms with Gasteiger partial charge in [0.05, 0.1) is 0 Å². The van der Waals surface area contributed by atoms with Crippen LogP contribution in [-0.2, 0) is 0 Å². The summed E-state index contributed by atoms with van der Waals surface area (Å²) in [6, 6.07) is 17.5. The summed E-state index contributed by atoms with van der Waals surface area (Å²) in [5, 5.41) is 2.85. The molecule has 2 aromatic heterocycles. The highest BCUT2D eigenvalue weighted by Gasteiger charge is 2.24. The van der Waals surface area contributed by atoms with Crippen molar-refractivity contribution >= 4 is 34.2 Å². The predicted octanol–water partition coefficient (Wildman–Crippen LogP) is 6.52. The molecular weight excluding hydrogens is 440 g/mol. The average molecular weight is 477 g/mol. The van der Waals surface area contributed by atoms with Crippen LogP contribution in [0.1, 0.15) is 55.1 Å². The van der Waals surface area contributed by atoms with Crippen LogP contribution in [0.2, 0.25) is 0 Å². The molecular formula is C29H37ClN4. The molecule has 5 heteroatoms. The van der Waals surface area contributed by atoms with E-state index in [2.05, 4.69) is 80.7 Å². The van der Waals surface area contributed by atoms with Gasteiger partial charge in [0, 0.05) is 34.2 Å². The van der Waals surface area contributed by atoms with Gasteiger partial charge in [-0.1, -0.05) is 36.4 Å². The normalized spacial score (nSPS) is 19.1. The zero-order valence-corrected chi connectivity index (χ0v) is 20.8. The van der Waals surface area contributed by atoms with Gasteiger partial charge < -0.3 is 19.8 Å². The van der Waals surface area contributed by atoms with Crippen LogP contribution in [0, 0.1) is 0 Å². The van der Waals surface area contributed by atoms with Gasteiger partial charge in [0.15, 0.2) is 0 Å². The van der Waals surface area contributed by atoms with E-state index in [0.29, 0.717) is 11.8 Å². The standard InChI is InChI=1S/C29H36N4.ClH/c1-3-8-28-24(6-1)26(20-30-28)22-10-16-32(17-11-22)14-5-15-33-18-12-23(13-19-33)27-21-31-29-9-4-2-7-25(27)29;/h1-4,6-9,20-23,30-31H,5,10-19H2;1H. The molecule has 0 bridgehead atoms. The van der Waals surface area contributed by atoms with E-state index in [-0.39, 0.29) is 12.4 Å². The summed E-state index contributed by atoms with van der Waals surface area (Å²) >= 11 is 0. The third-order valence-corrected chi connectivity index (χ3v) is 8.25. The zero-order chi connectivity index (χ0) is 22.0. The highest BCUT2D eigenvalue weighted by Crippen LogP contribution is 2.34. The SMILES string of the molecule is Cl.c1ccc2c(C3CCN(CCCN4CCC(c5c[nH]c6ccccc56)CC4)CC3)c[nH]c2c1. The number of nitrogens with zero attached hydrogens (tertiary/aromatic N) is 2. The molecule has 34 heavy (non-hydrogen) atoms. The Hall–Kier alpha value is -2.27. The molecule has 0 aliphatic carbocycles. The second kappa shape index (κ2) is 10.6. The predicted molar refractivity (Wildman–Crippen MR) is 145 cm³/mol. The number of hydrogen-bond donors (Lipinski definition) is 2. The molecule has 4 heterocycles. The molecule has 2 aliphatic heterocycles. The zero-order valence-electron chi connectivity index (χ0n) is 20.0. The average Bonchev–Trinajstić information content (AvgIpc) is 3.50. The van der Waals surface area contributed by atoms with Crippen LogP contribution >= 0.6 is 12.4 Å². The van der Waals surface area contributed by atoms with E-state index in [1.54, 1.807) is 0 Å². The number of aromatic nitrogens is 2. The third-order valence-electron chi connectivity index (χ3n) is 8.25. The Morgan fingerprint density at radius 1 is 0.618 bits per heavy atom. The topological polar surface area (TPSA) is 38.1 Å². The molecule has 0 atom stereocenters. The Balaban J connectivity index is 0.00000241. The van der Waals surface area contributed by atoms with Gasteiger partial charge in [-0.3, -0.25) is 0 Å². The van der Waals surface area contributed by atoms with Crippen LogP contribution in [0.15, 0.2) is 60.9 Å². The van der Waals surface area contributed by atoms with Crippen molar-refractivity contribution in [1.29, 1.82) is 0 Å². The minimum Gasteiger partial charge on any atom is -0.361 e. The highest BCUT2D eigenvalue weighted by atomic mass is 35.5. The lowest BCUT2D eigenvalue weighted by atomic mass is 9.89. The van der Waals surface area contributed by atoms with Crippen LogP contribution in [0.25, 0.3) is 21.8 Å². The lowest BCUT2D eigenvalue weighted by Crippen LogP contribution is -2.37. The lowest BCUT2D eigenvalue weighted by molar-refractivity contribution is 0.175. The number of aromatic amines is 2. The number of benzene rings is 2. The largest absolute Gasteiger partial charge is 0.361 e. The van der Waals surface area contributed by atoms with E-state index in [0.717, 1.165) is 0 Å². The van der Waals surface area contributed by atoms with Gasteiger partial charge >= 0.3 is 0 Å². The summed E-state index contributed by atoms with van der Waals surface area (Å²) in [7, 11) is 0. The summed E-state index contributed by atoms with van der Waals surface area (Å²) in [4.78, 5) is 12.3. The fourth-order valence-corrected chi connectivity index (χ4v) is 6.32. The maximum Gasteiger partial charge on any atom is 0.0456 e. The molecule has 6 rings (SSSR count). The molecule has 4 aromatic rings. The molecule has 2 N–H and O–H groups in total. The van der Waals surface area contributed by atoms with E-state index >= 15 is 0 Å². The first-order chi connectivity index (χ1) is 16.3. The van der Waals surface area contributed by atoms with Crippen LogP contribution in [0.4, 0.5) is 0 Å². The molecule has 2 saturated heterocycles. The third kappa shape index (κ3) is 4.77. The Labute approximate surface area is 209 Å². The Morgan fingerprint density at radius 2 is 1.03 bits per heavy atom. The molecule has 0 amide bonds. The smallest absolute Gasteiger partial charge is 0.0456 e. The summed E-state index contributed by atoms with van der Waals surface area (Å²) in [5.74, 6) is 1.42. The number of rotatable bonds is 6. The van der Waals surface area contributed by atoms with E-state index in [4.69, 9.17) is 0 Å². The molecule has 0 unspecified atom stereocenters. The van der Waals surface area contributed by atoms with Crippen molar-refractivity contribution in [2.45, 2.75) is 43.9 Å². The summed E-state index contributed by atoms with van der Waals surface area (Å²) in [6.45, 7) is 7.48. The summed E-state index contributed by atoms with van der Waals surface area (Å²) < 4.78 is 0. The summed E-state index contributed by atoms with van der Waals surface area (Å²) in [5.41, 5.74) is 5.62. The lowest BCUT2D eigenvalue weighted by Gasteiger charge is -2.34. The highest BCUT2D eigenvalue weighted by molar-refractivity contribution is 5.85. The van der Waals surface area contributed by atoms with Crippen LogP contribution in [-0.4, -0.2) is 59.0 Å². The monoisotopic (exact) mass is 476 g/mol. The van der Waals surface area contributed by atoms with Gasteiger partial charge in [-0.15, -0.1) is 12.4 Å². The number of fused-ring (bicyclic) bond motifs is 2. The van der Waals surface area contributed by atoms with Crippen molar-refractivity contribution in [2.75, 3.05) is 39.3 Å². The quantitative estimate of drug-likeness (QED) is 0.332. The molecule has 0 saturated carbocycles. The van der Waals surface area contributed by atoms with Gasteiger partial charge in [-0.05, 0) is 106 Å². The van der Waals surface area contributed by atoms with Crippen molar-refractivity contribution in [3.05, 3.63) is 72.1 Å². The van der Waals surface area contributed by atoms with Gasteiger partial charge in [-0.25, -0.2) is 0 Å². The molecule has 2 aromatic carbocycles. The van der Waals surface area contributed by atoms with E-state index < -0.39 is 0 Å². The fraction of sp³-hybridized carbons (Fsp3) is 0.448. The Kier molecular flexibility index (Phi) is 7.29. The maximum atomic E-state index is 3.47. The molecule has 180 valence electrons. The first kappa shape index (κ1) is 23.5. The van der Waals surface area contributed by atoms with Crippen LogP contribution < -0.4 is 0 Å². The number of piperidine rings is 2.